The molecular weight excluding hydrogens is 368 g/mol. The third kappa shape index (κ3) is 4.00. The maximum atomic E-state index is 12.5. The molecule has 1 aliphatic heterocycles. The molecule has 0 spiro atoms. The lowest BCUT2D eigenvalue weighted by Gasteiger charge is -2.16. The topological polar surface area (TPSA) is 84.9 Å². The third-order valence-electron chi connectivity index (χ3n) is 4.52. The molecule has 0 atom stereocenters. The highest BCUT2D eigenvalue weighted by atomic mass is 32.2. The molecule has 0 bridgehead atoms. The molecule has 0 saturated heterocycles. The van der Waals surface area contributed by atoms with Crippen molar-refractivity contribution in [2.75, 3.05) is 31.3 Å². The van der Waals surface area contributed by atoms with Crippen molar-refractivity contribution in [3.8, 4) is 11.5 Å². The third-order valence-corrected chi connectivity index (χ3v) is 5.70. The van der Waals surface area contributed by atoms with Gasteiger partial charge in [0.15, 0.2) is 0 Å². The highest BCUT2D eigenvalue weighted by Gasteiger charge is 2.26. The normalized spacial score (nSPS) is 13.2. The fraction of sp³-hybridized carbons (Fsp3) is 0.316. The van der Waals surface area contributed by atoms with Gasteiger partial charge in [0.25, 0.3) is 5.91 Å². The summed E-state index contributed by atoms with van der Waals surface area (Å²) in [7, 11) is -0.154. The number of fused-ring (bicyclic) bond motifs is 1. The zero-order valence-corrected chi connectivity index (χ0v) is 16.3. The van der Waals surface area contributed by atoms with Gasteiger partial charge in [0.05, 0.1) is 26.2 Å². The number of rotatable bonds is 6. The van der Waals surface area contributed by atoms with Crippen molar-refractivity contribution in [3.05, 3.63) is 53.1 Å². The van der Waals surface area contributed by atoms with Crippen molar-refractivity contribution in [3.63, 3.8) is 0 Å². The Labute approximate surface area is 158 Å². The van der Waals surface area contributed by atoms with E-state index in [2.05, 4.69) is 5.32 Å². The molecule has 0 fully saturated rings. The van der Waals surface area contributed by atoms with Crippen molar-refractivity contribution in [1.29, 1.82) is 0 Å². The van der Waals surface area contributed by atoms with Gasteiger partial charge in [-0.25, -0.2) is 8.42 Å². The van der Waals surface area contributed by atoms with Crippen LogP contribution in [0, 0.1) is 0 Å². The average molecular weight is 390 g/mol. The molecule has 0 unspecified atom stereocenters. The number of sulfonamides is 1. The summed E-state index contributed by atoms with van der Waals surface area (Å²) in [6, 6.07) is 10.5. The van der Waals surface area contributed by atoms with Crippen LogP contribution in [0.3, 0.4) is 0 Å². The van der Waals surface area contributed by atoms with Gasteiger partial charge in [-0.15, -0.1) is 0 Å². The van der Waals surface area contributed by atoms with Gasteiger partial charge >= 0.3 is 0 Å². The van der Waals surface area contributed by atoms with Crippen LogP contribution >= 0.6 is 0 Å². The SMILES string of the molecule is COc1ccc(OC)c(CNC(=O)c2ccc3c(c2)CCN3S(C)(=O)=O)c1. The van der Waals surface area contributed by atoms with Crippen LogP contribution in [-0.4, -0.2) is 41.3 Å². The first kappa shape index (κ1) is 19.0. The lowest BCUT2D eigenvalue weighted by atomic mass is 10.1. The summed E-state index contributed by atoms with van der Waals surface area (Å²) < 4.78 is 35.5. The molecule has 1 aliphatic rings. The smallest absolute Gasteiger partial charge is 0.251 e. The second kappa shape index (κ2) is 7.48. The number of nitrogens with one attached hydrogen (secondary N) is 1. The standard InChI is InChI=1S/C19H22N2O5S/c1-25-16-5-7-18(26-2)15(11-16)12-20-19(22)14-4-6-17-13(10-14)8-9-21(17)27(3,23)24/h4-7,10-11H,8-9,12H2,1-3H3,(H,20,22). The van der Waals surface area contributed by atoms with E-state index in [1.165, 1.54) is 10.6 Å². The fourth-order valence-electron chi connectivity index (χ4n) is 3.15. The minimum absolute atomic E-state index is 0.236. The van der Waals surface area contributed by atoms with E-state index in [1.807, 2.05) is 6.07 Å². The molecular formula is C19H22N2O5S. The van der Waals surface area contributed by atoms with Crippen LogP contribution in [-0.2, 0) is 23.0 Å². The zero-order valence-electron chi connectivity index (χ0n) is 15.5. The number of methoxy groups -OCH3 is 2. The summed E-state index contributed by atoms with van der Waals surface area (Å²) in [6.45, 7) is 0.687. The molecule has 0 aliphatic carbocycles. The predicted molar refractivity (Wildman–Crippen MR) is 103 cm³/mol. The summed E-state index contributed by atoms with van der Waals surface area (Å²) in [5.41, 5.74) is 2.79. The summed E-state index contributed by atoms with van der Waals surface area (Å²) in [5, 5.41) is 2.87. The zero-order chi connectivity index (χ0) is 19.6. The fourth-order valence-corrected chi connectivity index (χ4v) is 4.11. The Kier molecular flexibility index (Phi) is 5.27. The Balaban J connectivity index is 1.75. The average Bonchev–Trinajstić information content (AvgIpc) is 3.09. The molecule has 27 heavy (non-hydrogen) atoms. The molecule has 1 N–H and O–H groups in total. The van der Waals surface area contributed by atoms with Crippen LogP contribution in [0.1, 0.15) is 21.5 Å². The number of ether oxygens (including phenoxy) is 2. The van der Waals surface area contributed by atoms with Crippen LogP contribution < -0.4 is 19.1 Å². The molecule has 0 aromatic heterocycles. The number of nitrogens with zero attached hydrogens (tertiary/aromatic N) is 1. The first-order chi connectivity index (χ1) is 12.8. The second-order valence-electron chi connectivity index (χ2n) is 6.29. The molecule has 0 saturated carbocycles. The Bertz CT molecular complexity index is 972. The Morgan fingerprint density at radius 3 is 2.59 bits per heavy atom. The monoisotopic (exact) mass is 390 g/mol. The molecule has 1 heterocycles. The summed E-state index contributed by atoms with van der Waals surface area (Å²) in [5.74, 6) is 1.10. The van der Waals surface area contributed by atoms with Gasteiger partial charge in [0.2, 0.25) is 10.0 Å². The van der Waals surface area contributed by atoms with E-state index in [4.69, 9.17) is 9.47 Å². The Morgan fingerprint density at radius 2 is 1.93 bits per heavy atom. The predicted octanol–water partition coefficient (Wildman–Crippen LogP) is 1.96. The second-order valence-corrected chi connectivity index (χ2v) is 8.20. The Morgan fingerprint density at radius 1 is 1.15 bits per heavy atom. The molecule has 2 aromatic rings. The van der Waals surface area contributed by atoms with E-state index < -0.39 is 10.0 Å². The molecule has 0 radical (unpaired) electrons. The van der Waals surface area contributed by atoms with Gasteiger partial charge in [-0.05, 0) is 48.4 Å². The lowest BCUT2D eigenvalue weighted by Crippen LogP contribution is -2.27. The van der Waals surface area contributed by atoms with E-state index >= 15 is 0 Å². The van der Waals surface area contributed by atoms with Crippen LogP contribution in [0.2, 0.25) is 0 Å². The minimum atomic E-state index is -3.30. The van der Waals surface area contributed by atoms with Crippen LogP contribution in [0.5, 0.6) is 11.5 Å². The maximum absolute atomic E-state index is 12.5. The summed E-state index contributed by atoms with van der Waals surface area (Å²) in [4.78, 5) is 12.5. The number of anilines is 1. The highest BCUT2D eigenvalue weighted by molar-refractivity contribution is 7.92. The minimum Gasteiger partial charge on any atom is -0.497 e. The van der Waals surface area contributed by atoms with E-state index in [9.17, 15) is 13.2 Å². The molecule has 7 nitrogen and oxygen atoms in total. The van der Waals surface area contributed by atoms with Gasteiger partial charge in [0, 0.05) is 24.2 Å². The van der Waals surface area contributed by atoms with E-state index in [0.717, 1.165) is 11.1 Å². The number of hydrogen-bond donors (Lipinski definition) is 1. The molecule has 8 heteroatoms. The number of benzene rings is 2. The molecule has 1 amide bonds. The molecule has 3 rings (SSSR count). The van der Waals surface area contributed by atoms with E-state index in [-0.39, 0.29) is 12.5 Å². The Hall–Kier alpha value is -2.74. The first-order valence-corrected chi connectivity index (χ1v) is 10.3. The summed E-state index contributed by atoms with van der Waals surface area (Å²) in [6.07, 6.45) is 1.78. The maximum Gasteiger partial charge on any atom is 0.251 e. The van der Waals surface area contributed by atoms with Gasteiger partial charge in [-0.2, -0.15) is 0 Å². The molecule has 144 valence electrons. The molecule has 2 aromatic carbocycles. The van der Waals surface area contributed by atoms with Gasteiger partial charge in [-0.1, -0.05) is 0 Å². The van der Waals surface area contributed by atoms with Crippen LogP contribution in [0.15, 0.2) is 36.4 Å². The van der Waals surface area contributed by atoms with Crippen LogP contribution in [0.25, 0.3) is 0 Å². The number of carbonyl (C=O) groups is 1. The number of carbonyl (C=O) groups excluding carboxylic acids is 1. The van der Waals surface area contributed by atoms with Crippen LogP contribution in [0.4, 0.5) is 5.69 Å². The van der Waals surface area contributed by atoms with Crippen molar-refractivity contribution >= 4 is 21.6 Å². The first-order valence-electron chi connectivity index (χ1n) is 8.43. The van der Waals surface area contributed by atoms with Crippen molar-refractivity contribution < 1.29 is 22.7 Å². The van der Waals surface area contributed by atoms with Gasteiger partial charge in [-0.3, -0.25) is 9.10 Å². The van der Waals surface area contributed by atoms with Crippen molar-refractivity contribution in [2.45, 2.75) is 13.0 Å². The number of hydrogen-bond acceptors (Lipinski definition) is 5. The van der Waals surface area contributed by atoms with Crippen molar-refractivity contribution in [1.82, 2.24) is 5.32 Å². The van der Waals surface area contributed by atoms with Crippen molar-refractivity contribution in [2.24, 2.45) is 0 Å². The van der Waals surface area contributed by atoms with Gasteiger partial charge in [0.1, 0.15) is 11.5 Å². The number of amides is 1. The van der Waals surface area contributed by atoms with E-state index in [1.54, 1.807) is 44.6 Å². The highest BCUT2D eigenvalue weighted by Crippen LogP contribution is 2.31. The van der Waals surface area contributed by atoms with E-state index in [0.29, 0.717) is 35.7 Å². The quantitative estimate of drug-likeness (QED) is 0.815. The lowest BCUT2D eigenvalue weighted by molar-refractivity contribution is 0.0950. The van der Waals surface area contributed by atoms with Gasteiger partial charge < -0.3 is 14.8 Å². The largest absolute Gasteiger partial charge is 0.497 e. The summed E-state index contributed by atoms with van der Waals surface area (Å²) >= 11 is 0.